The van der Waals surface area contributed by atoms with Gasteiger partial charge in [-0.3, -0.25) is 0 Å². The fourth-order valence-electron chi connectivity index (χ4n) is 7.13. The molecule has 11 aromatic rings. The molecule has 11 rings (SSSR count). The fourth-order valence-corrected chi connectivity index (χ4v) is 8.27. The van der Waals surface area contributed by atoms with Crippen LogP contribution in [0.3, 0.4) is 0 Å². The largest absolute Gasteiger partial charge is 0.309 e. The van der Waals surface area contributed by atoms with E-state index >= 15 is 0 Å². The Morgan fingerprint density at radius 1 is 0.411 bits per heavy atom. The van der Waals surface area contributed by atoms with Gasteiger partial charge in [-0.05, 0) is 59.1 Å². The molecule has 0 amide bonds. The van der Waals surface area contributed by atoms with E-state index in [4.69, 9.17) is 30.0 Å². The van der Waals surface area contributed by atoms with Gasteiger partial charge >= 0.3 is 0 Å². The molecular formula is C51H32N4S. The van der Waals surface area contributed by atoms with Crippen molar-refractivity contribution in [2.45, 2.75) is 0 Å². The average Bonchev–Trinajstić information content (AvgIpc) is 3.97. The molecule has 0 unspecified atom stereocenters. The highest BCUT2D eigenvalue weighted by molar-refractivity contribution is 7.25. The number of aromatic nitrogens is 4. The van der Waals surface area contributed by atoms with Crippen molar-refractivity contribution in [2.24, 2.45) is 0 Å². The molecule has 3 heterocycles. The molecule has 56 heavy (non-hydrogen) atoms. The van der Waals surface area contributed by atoms with Crippen LogP contribution in [0.5, 0.6) is 0 Å². The third kappa shape index (κ3) is 5.32. The smallest absolute Gasteiger partial charge is 0.164 e. The Bertz CT molecular complexity index is 4190. The van der Waals surface area contributed by atoms with Gasteiger partial charge in [0.15, 0.2) is 17.5 Å². The second-order valence-electron chi connectivity index (χ2n) is 12.7. The van der Waals surface area contributed by atoms with Gasteiger partial charge < -0.3 is 4.57 Å². The van der Waals surface area contributed by atoms with Crippen molar-refractivity contribution < 1.29 is 23.3 Å². The molecule has 0 bridgehead atoms. The zero-order valence-corrected chi connectivity index (χ0v) is 29.7. The van der Waals surface area contributed by atoms with Gasteiger partial charge in [0.25, 0.3) is 0 Å². The van der Waals surface area contributed by atoms with E-state index in [1.54, 1.807) is 17.4 Å². The summed E-state index contributed by atoms with van der Waals surface area (Å²) in [4.78, 5) is 15.0. The predicted octanol–water partition coefficient (Wildman–Crippen LogP) is 13.7. The van der Waals surface area contributed by atoms with E-state index in [1.807, 2.05) is 72.8 Å². The second-order valence-corrected chi connectivity index (χ2v) is 13.8. The van der Waals surface area contributed by atoms with Crippen LogP contribution in [0.15, 0.2) is 194 Å². The lowest BCUT2D eigenvalue weighted by Gasteiger charge is -2.16. The number of thiophene rings is 1. The normalized spacial score (nSPS) is 15.8. The maximum Gasteiger partial charge on any atom is 0.164 e. The molecule has 0 fully saturated rings. The predicted molar refractivity (Wildman–Crippen MR) is 234 cm³/mol. The molecule has 0 spiro atoms. The minimum atomic E-state index is -0.797. The van der Waals surface area contributed by atoms with Gasteiger partial charge in [0.1, 0.15) is 0 Å². The first-order valence-corrected chi connectivity index (χ1v) is 18.2. The van der Waals surface area contributed by atoms with Crippen LogP contribution in [-0.2, 0) is 0 Å². The van der Waals surface area contributed by atoms with E-state index in [0.29, 0.717) is 11.1 Å². The van der Waals surface area contributed by atoms with E-state index in [2.05, 4.69) is 0 Å². The summed E-state index contributed by atoms with van der Waals surface area (Å²) in [7, 11) is 0. The first-order valence-electron chi connectivity index (χ1n) is 25.9. The van der Waals surface area contributed by atoms with Crippen molar-refractivity contribution >= 4 is 53.3 Å². The van der Waals surface area contributed by atoms with Crippen molar-refractivity contribution in [3.8, 4) is 62.1 Å². The zero-order chi connectivity index (χ0) is 51.8. The molecule has 0 aliphatic rings. The summed E-state index contributed by atoms with van der Waals surface area (Å²) in [5.74, 6) is 0.650. The Labute approximate surface area is 351 Å². The molecule has 262 valence electrons. The van der Waals surface area contributed by atoms with Gasteiger partial charge in [-0.15, -0.1) is 11.3 Å². The number of nitrogens with zero attached hydrogens (tertiary/aromatic N) is 4. The number of hydrogen-bond acceptors (Lipinski definition) is 4. The Morgan fingerprint density at radius 2 is 1.07 bits per heavy atom. The molecule has 0 radical (unpaired) electrons. The number of benzene rings is 8. The lowest BCUT2D eigenvalue weighted by atomic mass is 9.99. The van der Waals surface area contributed by atoms with E-state index < -0.39 is 114 Å². The van der Waals surface area contributed by atoms with Gasteiger partial charge in [-0.2, -0.15) is 0 Å². The second kappa shape index (κ2) is 13.3. The molecule has 8 aromatic carbocycles. The van der Waals surface area contributed by atoms with Crippen LogP contribution in [0.25, 0.3) is 104 Å². The van der Waals surface area contributed by atoms with Gasteiger partial charge in [0, 0.05) is 53.2 Å². The number of hydrogen-bond donors (Lipinski definition) is 0. The summed E-state index contributed by atoms with van der Waals surface area (Å²) in [5, 5.41) is 1.22. The third-order valence-electron chi connectivity index (χ3n) is 9.55. The minimum Gasteiger partial charge on any atom is -0.309 e. The van der Waals surface area contributed by atoms with Gasteiger partial charge in [-0.1, -0.05) is 151 Å². The molecule has 0 saturated carbocycles. The first-order chi connectivity index (χ1) is 34.8. The summed E-state index contributed by atoms with van der Waals surface area (Å²) in [6.45, 7) is 0. The van der Waals surface area contributed by atoms with E-state index in [1.165, 1.54) is 16.7 Å². The Hall–Kier alpha value is -7.21. The van der Waals surface area contributed by atoms with Crippen molar-refractivity contribution in [1.82, 2.24) is 19.5 Å². The molecule has 0 N–H and O–H groups in total. The Morgan fingerprint density at radius 3 is 1.89 bits per heavy atom. The van der Waals surface area contributed by atoms with Crippen molar-refractivity contribution in [2.75, 3.05) is 0 Å². The highest BCUT2D eigenvalue weighted by Crippen LogP contribution is 2.43. The summed E-state index contributed by atoms with van der Waals surface area (Å²) >= 11 is 1.61. The van der Waals surface area contributed by atoms with Crippen molar-refractivity contribution in [1.29, 1.82) is 0 Å². The van der Waals surface area contributed by atoms with E-state index in [-0.39, 0.29) is 61.7 Å². The van der Waals surface area contributed by atoms with Crippen molar-refractivity contribution in [3.63, 3.8) is 0 Å². The number of rotatable bonds is 6. The number of para-hydroxylation sites is 1. The van der Waals surface area contributed by atoms with Crippen molar-refractivity contribution in [3.05, 3.63) is 194 Å². The fraction of sp³-hybridized carbons (Fsp3) is 0. The van der Waals surface area contributed by atoms with E-state index in [0.717, 1.165) is 20.2 Å². The third-order valence-corrected chi connectivity index (χ3v) is 10.7. The molecule has 0 atom stereocenters. The lowest BCUT2D eigenvalue weighted by molar-refractivity contribution is 1.08. The summed E-state index contributed by atoms with van der Waals surface area (Å²) < 4.78 is 155. The molecule has 5 heteroatoms. The van der Waals surface area contributed by atoms with Gasteiger partial charge in [-0.25, -0.2) is 15.0 Å². The SMILES string of the molecule is [2H]c1c([2H])c([2H])c(-c2cc(-c3nc(-c4ccccc4)nc(-c4cccc5sc6ccccc6c45)n3)ccc2-n2c3c([2H])c([2H])c([2H])c([2H])c3c3c(-c4c([2H])c([2H])c([2H])c([2H])c4[2H])c([2H])c([2H])c([2H])c32)c([2H])c1[2H]. The summed E-state index contributed by atoms with van der Waals surface area (Å²) in [6, 6.07) is 14.9. The standard InChI is InChI=1S/C51H32N4S/c1-4-16-33(17-5-1)37-24-14-27-44-47(37)38-22-10-12-26-42(38)55(44)43-31-30-36(32-41(43)34-18-6-2-7-19-34)50-52-49(35-20-8-3-9-21-35)53-51(54-50)40-25-15-29-46-48(40)39-23-11-13-28-45(39)56-46/h1-32H/i1D,2D,4D,5D,6D,7D,10D,12D,14D,16D,17D,18D,19D,22D,24D,26D,27D. The van der Waals surface area contributed by atoms with Crippen LogP contribution in [0, 0.1) is 0 Å². The number of fused-ring (bicyclic) bond motifs is 6. The van der Waals surface area contributed by atoms with Gasteiger partial charge in [0.2, 0.25) is 0 Å². The van der Waals surface area contributed by atoms with Crippen LogP contribution < -0.4 is 0 Å². The van der Waals surface area contributed by atoms with Crippen LogP contribution in [-0.4, -0.2) is 19.5 Å². The average molecular weight is 750 g/mol. The maximum atomic E-state index is 9.50. The Kier molecular flexibility index (Phi) is 4.60. The zero-order valence-electron chi connectivity index (χ0n) is 45.9. The van der Waals surface area contributed by atoms with E-state index in [9.17, 15) is 8.22 Å². The van der Waals surface area contributed by atoms with Crippen LogP contribution in [0.1, 0.15) is 23.3 Å². The molecule has 0 aliphatic heterocycles. The topological polar surface area (TPSA) is 43.6 Å². The lowest BCUT2D eigenvalue weighted by Crippen LogP contribution is -2.02. The summed E-state index contributed by atoms with van der Waals surface area (Å²) in [6.07, 6.45) is 0. The monoisotopic (exact) mass is 749 g/mol. The minimum absolute atomic E-state index is 0.0849. The quantitative estimate of drug-likeness (QED) is 0.170. The highest BCUT2D eigenvalue weighted by Gasteiger charge is 2.21. The Balaban J connectivity index is 1.30. The molecular weight excluding hydrogens is 701 g/mol. The van der Waals surface area contributed by atoms with Crippen LogP contribution >= 0.6 is 11.3 Å². The van der Waals surface area contributed by atoms with Crippen LogP contribution in [0.4, 0.5) is 0 Å². The summed E-state index contributed by atoms with van der Waals surface area (Å²) in [5.41, 5.74) is -0.837. The van der Waals surface area contributed by atoms with Crippen LogP contribution in [0.2, 0.25) is 0 Å². The molecule has 0 aliphatic carbocycles. The molecule has 3 aromatic heterocycles. The molecule has 4 nitrogen and oxygen atoms in total. The molecule has 0 saturated heterocycles. The van der Waals surface area contributed by atoms with Gasteiger partial charge in [0.05, 0.1) is 40.0 Å². The first kappa shape index (κ1) is 19.4. The maximum absolute atomic E-state index is 9.50. The highest BCUT2D eigenvalue weighted by atomic mass is 32.1.